The predicted octanol–water partition coefficient (Wildman–Crippen LogP) is 5.53. The summed E-state index contributed by atoms with van der Waals surface area (Å²) in [6.07, 6.45) is -1.12. The van der Waals surface area contributed by atoms with Gasteiger partial charge >= 0.3 is 6.09 Å². The summed E-state index contributed by atoms with van der Waals surface area (Å²) in [5, 5.41) is 12.0. The van der Waals surface area contributed by atoms with Crippen molar-refractivity contribution >= 4 is 46.9 Å². The molecule has 0 radical (unpaired) electrons. The number of piperazine rings is 1. The Balaban J connectivity index is 1.69. The number of nitrogens with one attached hydrogen (secondary N) is 1. The maximum Gasteiger partial charge on any atom is 0.410 e. The maximum atomic E-state index is 15.0. The second kappa shape index (κ2) is 13.9. The van der Waals surface area contributed by atoms with E-state index in [4.69, 9.17) is 16.3 Å². The Morgan fingerprint density at radius 2 is 1.76 bits per heavy atom. The largest absolute Gasteiger partial charge is 0.444 e. The molecule has 0 bridgehead atoms. The van der Waals surface area contributed by atoms with Crippen LogP contribution in [0.1, 0.15) is 50.8 Å². The third kappa shape index (κ3) is 7.97. The highest BCUT2D eigenvalue weighted by molar-refractivity contribution is 6.31. The zero-order valence-electron chi connectivity index (χ0n) is 27.0. The number of nitriles is 1. The number of hydrogen-bond acceptors (Lipinski definition) is 7. The molecule has 1 unspecified atom stereocenters. The van der Waals surface area contributed by atoms with E-state index < -0.39 is 96.7 Å². The maximum absolute atomic E-state index is 15.0. The van der Waals surface area contributed by atoms with Gasteiger partial charge in [0, 0.05) is 41.7 Å². The molecule has 1 aromatic heterocycles. The molecule has 0 spiro atoms. The lowest BCUT2D eigenvalue weighted by Gasteiger charge is -2.43. The number of aromatic nitrogens is 1. The third-order valence-electron chi connectivity index (χ3n) is 7.86. The molecule has 50 heavy (non-hydrogen) atoms. The Bertz CT molecular complexity index is 1850. The van der Waals surface area contributed by atoms with E-state index in [0.717, 1.165) is 21.9 Å². The van der Waals surface area contributed by atoms with Crippen LogP contribution >= 0.6 is 11.6 Å². The van der Waals surface area contributed by atoms with Crippen LogP contribution in [0.5, 0.6) is 0 Å². The van der Waals surface area contributed by atoms with Gasteiger partial charge in [0.2, 0.25) is 11.8 Å². The van der Waals surface area contributed by atoms with Gasteiger partial charge in [0.15, 0.2) is 0 Å². The van der Waals surface area contributed by atoms with Crippen LogP contribution in [0.2, 0.25) is 5.02 Å². The summed E-state index contributed by atoms with van der Waals surface area (Å²) in [7, 11) is 0. The Morgan fingerprint density at radius 3 is 2.36 bits per heavy atom. The summed E-state index contributed by atoms with van der Waals surface area (Å²) in [6.45, 7) is 3.63. The molecule has 1 aliphatic heterocycles. The lowest BCUT2D eigenvalue weighted by Crippen LogP contribution is -2.65. The second-order valence-corrected chi connectivity index (χ2v) is 13.3. The lowest BCUT2D eigenvalue weighted by molar-refractivity contribution is -0.133. The van der Waals surface area contributed by atoms with Crippen LogP contribution in [0.15, 0.2) is 60.8 Å². The van der Waals surface area contributed by atoms with Crippen molar-refractivity contribution in [3.8, 4) is 6.07 Å². The van der Waals surface area contributed by atoms with Gasteiger partial charge in [-0.25, -0.2) is 27.3 Å². The van der Waals surface area contributed by atoms with Crippen LogP contribution in [0.25, 0.3) is 0 Å². The van der Waals surface area contributed by atoms with E-state index in [0.29, 0.717) is 11.0 Å². The fourth-order valence-electron chi connectivity index (χ4n) is 5.71. The van der Waals surface area contributed by atoms with Crippen LogP contribution in [0, 0.1) is 23.0 Å². The Hall–Kier alpha value is -5.23. The first-order valence-electron chi connectivity index (χ1n) is 15.3. The highest BCUT2D eigenvalue weighted by Gasteiger charge is 2.49. The number of nitrogens with zero attached hydrogens (tertiary/aromatic N) is 5. The SMILES string of the molecule is CC(C)(C)OC(=O)N1CC(=O)N(c2cc(C#N)ccn2)[C@H](C(=O)N(c2cc(F)cc(F)c2)C(C(=O)NC2CC(F)(F)C2)c2ccccc2Cl)C1. The molecular formula is C34H31ClF4N6O5. The molecule has 2 fully saturated rings. The number of carbonyl (C=O) groups excluding carboxylic acids is 4. The van der Waals surface area contributed by atoms with E-state index in [1.54, 1.807) is 20.8 Å². The summed E-state index contributed by atoms with van der Waals surface area (Å²) in [4.78, 5) is 62.9. The van der Waals surface area contributed by atoms with Gasteiger partial charge in [-0.1, -0.05) is 29.8 Å². The third-order valence-corrected chi connectivity index (χ3v) is 8.21. The molecule has 1 saturated heterocycles. The van der Waals surface area contributed by atoms with Crippen molar-refractivity contribution in [3.05, 3.63) is 88.6 Å². The Labute approximate surface area is 289 Å². The minimum Gasteiger partial charge on any atom is -0.444 e. The lowest BCUT2D eigenvalue weighted by atomic mass is 9.87. The normalized spacial score (nSPS) is 18.1. The molecule has 2 aromatic carbocycles. The quantitative estimate of drug-likeness (QED) is 0.318. The monoisotopic (exact) mass is 714 g/mol. The van der Waals surface area contributed by atoms with Gasteiger partial charge in [-0.3, -0.25) is 29.1 Å². The second-order valence-electron chi connectivity index (χ2n) is 12.9. The summed E-state index contributed by atoms with van der Waals surface area (Å²) in [5.74, 6) is -8.47. The van der Waals surface area contributed by atoms with Crippen molar-refractivity contribution in [2.24, 2.45) is 0 Å². The molecular weight excluding hydrogens is 684 g/mol. The zero-order chi connectivity index (χ0) is 36.5. The summed E-state index contributed by atoms with van der Waals surface area (Å²) >= 11 is 6.52. The molecule has 262 valence electrons. The first kappa shape index (κ1) is 36.1. The number of amides is 4. The summed E-state index contributed by atoms with van der Waals surface area (Å²) in [5.41, 5.74) is -1.47. The minimum atomic E-state index is -3.03. The van der Waals surface area contributed by atoms with E-state index in [9.17, 15) is 37.2 Å². The molecule has 2 atom stereocenters. The topological polar surface area (TPSA) is 136 Å². The van der Waals surface area contributed by atoms with Crippen molar-refractivity contribution in [2.75, 3.05) is 22.9 Å². The van der Waals surface area contributed by atoms with Gasteiger partial charge < -0.3 is 10.1 Å². The molecule has 2 aliphatic rings. The van der Waals surface area contributed by atoms with Gasteiger partial charge in [0.1, 0.15) is 41.7 Å². The number of carbonyl (C=O) groups is 4. The van der Waals surface area contributed by atoms with E-state index in [1.807, 2.05) is 6.07 Å². The van der Waals surface area contributed by atoms with E-state index in [1.165, 1.54) is 42.6 Å². The van der Waals surface area contributed by atoms with Crippen molar-refractivity contribution in [1.82, 2.24) is 15.2 Å². The van der Waals surface area contributed by atoms with E-state index in [-0.39, 0.29) is 22.0 Å². The van der Waals surface area contributed by atoms with Crippen LogP contribution < -0.4 is 15.1 Å². The number of rotatable bonds is 7. The highest BCUT2D eigenvalue weighted by atomic mass is 35.5. The number of ether oxygens (including phenoxy) is 1. The molecule has 2 heterocycles. The average Bonchev–Trinajstić information content (AvgIpc) is 3.01. The molecule has 4 amide bonds. The van der Waals surface area contributed by atoms with Gasteiger partial charge in [-0.2, -0.15) is 5.26 Å². The molecule has 3 aromatic rings. The fourth-order valence-corrected chi connectivity index (χ4v) is 5.95. The number of alkyl halides is 2. The number of anilines is 2. The average molecular weight is 715 g/mol. The number of halogens is 5. The molecule has 16 heteroatoms. The number of hydrogen-bond donors (Lipinski definition) is 1. The Morgan fingerprint density at radius 1 is 1.10 bits per heavy atom. The van der Waals surface area contributed by atoms with Gasteiger partial charge in [0.25, 0.3) is 11.8 Å². The van der Waals surface area contributed by atoms with Crippen LogP contribution in [0.3, 0.4) is 0 Å². The summed E-state index contributed by atoms with van der Waals surface area (Å²) < 4.78 is 62.7. The van der Waals surface area contributed by atoms with Crippen molar-refractivity contribution in [1.29, 1.82) is 5.26 Å². The standard InChI is InChI=1S/C34H31ClF4N6O5/c1-33(2,3)50-32(49)43-17-26(45(28(46)18-43)27-10-19(16-40)8-9-41-27)31(48)44(23-12-20(36)11-21(37)13-23)29(24-6-4-5-7-25(24)35)30(47)42-22-14-34(38,39)15-22/h4-13,22,26,29H,14-15,17-18H2,1-3H3,(H,42,47)/t26-,29?/m0/s1. The van der Waals surface area contributed by atoms with Gasteiger partial charge in [-0.05, 0) is 51.1 Å². The Kier molecular flexibility index (Phi) is 10.1. The smallest absolute Gasteiger partial charge is 0.410 e. The fraction of sp³-hybridized carbons (Fsp3) is 0.353. The summed E-state index contributed by atoms with van der Waals surface area (Å²) in [6, 6.07) is 7.75. The van der Waals surface area contributed by atoms with E-state index in [2.05, 4.69) is 10.3 Å². The van der Waals surface area contributed by atoms with Crippen molar-refractivity contribution in [3.63, 3.8) is 0 Å². The van der Waals surface area contributed by atoms with Crippen molar-refractivity contribution < 1.29 is 41.5 Å². The molecule has 5 rings (SSSR count). The molecule has 1 N–H and O–H groups in total. The molecule has 1 aliphatic carbocycles. The van der Waals surface area contributed by atoms with Crippen molar-refractivity contribution in [2.45, 2.75) is 63.3 Å². The van der Waals surface area contributed by atoms with Gasteiger partial charge in [0.05, 0.1) is 23.9 Å². The van der Waals surface area contributed by atoms with Crippen LogP contribution in [0.4, 0.5) is 33.9 Å². The van der Waals surface area contributed by atoms with E-state index >= 15 is 4.79 Å². The molecule has 1 saturated carbocycles. The zero-order valence-corrected chi connectivity index (χ0v) is 27.8. The van der Waals surface area contributed by atoms with Crippen LogP contribution in [-0.2, 0) is 19.1 Å². The number of pyridine rings is 1. The first-order chi connectivity index (χ1) is 23.5. The van der Waals surface area contributed by atoms with Gasteiger partial charge in [-0.15, -0.1) is 0 Å². The van der Waals surface area contributed by atoms with Crippen LogP contribution in [-0.4, -0.2) is 70.4 Å². The first-order valence-corrected chi connectivity index (χ1v) is 15.7. The predicted molar refractivity (Wildman–Crippen MR) is 172 cm³/mol. The highest BCUT2D eigenvalue weighted by Crippen LogP contribution is 2.39. The minimum absolute atomic E-state index is 0.0435. The number of benzene rings is 2. The molecule has 11 nitrogen and oxygen atoms in total.